The highest BCUT2D eigenvalue weighted by Crippen LogP contribution is 2.36. The molecule has 1 aromatic rings. The summed E-state index contributed by atoms with van der Waals surface area (Å²) in [5.74, 6) is -3.26. The molecule has 136 valence electrons. The van der Waals surface area contributed by atoms with Crippen molar-refractivity contribution in [2.24, 2.45) is 11.8 Å². The van der Waals surface area contributed by atoms with Gasteiger partial charge in [-0.1, -0.05) is 18.1 Å². The standard InChI is InChI=1S/C18H23NO5S/c1-5-11-8-14(18(23)24-4)16(25-11)19-15(20)12-6-9(2)10(3)7-13(12)17(21)22/h8,12-13H,5-7H2,1-4H3,(H,19,20)(H,21,22). The summed E-state index contributed by atoms with van der Waals surface area (Å²) in [5.41, 5.74) is 2.38. The van der Waals surface area contributed by atoms with E-state index in [0.29, 0.717) is 23.4 Å². The van der Waals surface area contributed by atoms with Gasteiger partial charge in [0, 0.05) is 4.88 Å². The van der Waals surface area contributed by atoms with Crippen LogP contribution >= 0.6 is 11.3 Å². The zero-order chi connectivity index (χ0) is 18.7. The van der Waals surface area contributed by atoms with Crippen LogP contribution in [0, 0.1) is 11.8 Å². The van der Waals surface area contributed by atoms with Gasteiger partial charge in [0.25, 0.3) is 0 Å². The van der Waals surface area contributed by atoms with E-state index in [1.807, 2.05) is 20.8 Å². The average Bonchev–Trinajstić information content (AvgIpc) is 2.98. The average molecular weight is 365 g/mol. The number of esters is 1. The number of carbonyl (C=O) groups excluding carboxylic acids is 2. The number of hydrogen-bond donors (Lipinski definition) is 2. The molecule has 0 aliphatic heterocycles. The molecule has 25 heavy (non-hydrogen) atoms. The van der Waals surface area contributed by atoms with Crippen LogP contribution in [0.3, 0.4) is 0 Å². The minimum Gasteiger partial charge on any atom is -0.481 e. The van der Waals surface area contributed by atoms with Crippen LogP contribution in [0.1, 0.15) is 48.8 Å². The molecule has 1 amide bonds. The zero-order valence-electron chi connectivity index (χ0n) is 14.8. The van der Waals surface area contributed by atoms with Gasteiger partial charge in [0.2, 0.25) is 5.91 Å². The minimum atomic E-state index is -0.972. The molecule has 2 rings (SSSR count). The van der Waals surface area contributed by atoms with E-state index in [0.717, 1.165) is 22.4 Å². The molecular weight excluding hydrogens is 342 g/mol. The van der Waals surface area contributed by atoms with E-state index in [2.05, 4.69) is 5.32 Å². The Balaban J connectivity index is 2.28. The summed E-state index contributed by atoms with van der Waals surface area (Å²) in [5, 5.41) is 12.7. The SMILES string of the molecule is CCc1cc(C(=O)OC)c(NC(=O)C2CC(C)=C(C)CC2C(=O)O)s1. The highest BCUT2D eigenvalue weighted by molar-refractivity contribution is 7.16. The van der Waals surface area contributed by atoms with Gasteiger partial charge in [0.15, 0.2) is 0 Å². The number of nitrogens with one attached hydrogen (secondary N) is 1. The fourth-order valence-electron chi connectivity index (χ4n) is 3.00. The van der Waals surface area contributed by atoms with Gasteiger partial charge in [-0.3, -0.25) is 9.59 Å². The molecule has 1 aliphatic carbocycles. The molecule has 0 spiro atoms. The first-order valence-electron chi connectivity index (χ1n) is 8.18. The summed E-state index contributed by atoms with van der Waals surface area (Å²) in [6, 6.07) is 1.71. The maximum Gasteiger partial charge on any atom is 0.340 e. The predicted molar refractivity (Wildman–Crippen MR) is 95.9 cm³/mol. The van der Waals surface area contributed by atoms with Gasteiger partial charge >= 0.3 is 11.9 Å². The van der Waals surface area contributed by atoms with Crippen molar-refractivity contribution in [3.63, 3.8) is 0 Å². The molecule has 6 nitrogen and oxygen atoms in total. The second kappa shape index (κ2) is 7.82. The van der Waals surface area contributed by atoms with Crippen LogP contribution in [0.2, 0.25) is 0 Å². The van der Waals surface area contributed by atoms with E-state index in [4.69, 9.17) is 4.74 Å². The summed E-state index contributed by atoms with van der Waals surface area (Å²) in [6.45, 7) is 5.78. The first-order chi connectivity index (χ1) is 11.8. The first-order valence-corrected chi connectivity index (χ1v) is 9.00. The smallest absolute Gasteiger partial charge is 0.340 e. The van der Waals surface area contributed by atoms with Gasteiger partial charge in [-0.2, -0.15) is 0 Å². The number of anilines is 1. The normalized spacial score (nSPS) is 20.3. The van der Waals surface area contributed by atoms with Gasteiger partial charge in [0.1, 0.15) is 5.00 Å². The van der Waals surface area contributed by atoms with E-state index in [1.165, 1.54) is 18.4 Å². The Morgan fingerprint density at radius 2 is 1.84 bits per heavy atom. The van der Waals surface area contributed by atoms with Crippen molar-refractivity contribution < 1.29 is 24.2 Å². The minimum absolute atomic E-state index is 0.309. The number of aliphatic carboxylic acids is 1. The lowest BCUT2D eigenvalue weighted by Gasteiger charge is -2.29. The monoisotopic (exact) mass is 365 g/mol. The number of aryl methyl sites for hydroxylation is 1. The Labute approximate surface area is 150 Å². The highest BCUT2D eigenvalue weighted by atomic mass is 32.1. The molecule has 0 saturated heterocycles. The molecule has 0 aromatic carbocycles. The molecule has 1 aromatic heterocycles. The van der Waals surface area contributed by atoms with E-state index < -0.39 is 23.8 Å². The second-order valence-corrected chi connectivity index (χ2v) is 7.45. The molecule has 0 saturated carbocycles. The maximum absolute atomic E-state index is 12.8. The third-order valence-electron chi connectivity index (χ3n) is 4.69. The summed E-state index contributed by atoms with van der Waals surface area (Å²) >= 11 is 1.31. The van der Waals surface area contributed by atoms with Crippen LogP contribution in [0.15, 0.2) is 17.2 Å². The fraction of sp³-hybridized carbons (Fsp3) is 0.500. The molecule has 2 N–H and O–H groups in total. The third-order valence-corrected chi connectivity index (χ3v) is 5.89. The number of allylic oxidation sites excluding steroid dienone is 2. The van der Waals surface area contributed by atoms with E-state index in [-0.39, 0.29) is 5.91 Å². The Bertz CT molecular complexity index is 734. The Hall–Kier alpha value is -2.15. The van der Waals surface area contributed by atoms with Crippen molar-refractivity contribution in [2.45, 2.75) is 40.0 Å². The van der Waals surface area contributed by atoms with E-state index >= 15 is 0 Å². The quantitative estimate of drug-likeness (QED) is 0.615. The van der Waals surface area contributed by atoms with Crippen molar-refractivity contribution in [1.82, 2.24) is 0 Å². The molecular formula is C18H23NO5S. The fourth-order valence-corrected chi connectivity index (χ4v) is 3.99. The number of thiophene rings is 1. The van der Waals surface area contributed by atoms with Gasteiger partial charge < -0.3 is 15.2 Å². The second-order valence-electron chi connectivity index (χ2n) is 6.31. The molecule has 2 atom stereocenters. The Kier molecular flexibility index (Phi) is 6.00. The summed E-state index contributed by atoms with van der Waals surface area (Å²) in [6.07, 6.45) is 1.51. The Morgan fingerprint density at radius 3 is 2.36 bits per heavy atom. The van der Waals surface area contributed by atoms with Gasteiger partial charge in [-0.05, 0) is 39.2 Å². The van der Waals surface area contributed by atoms with Crippen molar-refractivity contribution in [3.05, 3.63) is 27.7 Å². The molecule has 0 radical (unpaired) electrons. The number of carboxylic acid groups (broad SMARTS) is 1. The van der Waals surface area contributed by atoms with Crippen LogP contribution in [-0.2, 0) is 20.7 Å². The lowest BCUT2D eigenvalue weighted by molar-refractivity contribution is -0.146. The maximum atomic E-state index is 12.8. The van der Waals surface area contributed by atoms with Gasteiger partial charge in [0.05, 0.1) is 24.5 Å². The topological polar surface area (TPSA) is 92.7 Å². The number of methoxy groups -OCH3 is 1. The Morgan fingerprint density at radius 1 is 1.24 bits per heavy atom. The van der Waals surface area contributed by atoms with Crippen molar-refractivity contribution in [3.8, 4) is 0 Å². The lowest BCUT2D eigenvalue weighted by Crippen LogP contribution is -2.36. The summed E-state index contributed by atoms with van der Waals surface area (Å²) < 4.78 is 4.77. The predicted octanol–water partition coefficient (Wildman–Crippen LogP) is 3.48. The van der Waals surface area contributed by atoms with Crippen molar-refractivity contribution >= 4 is 34.2 Å². The molecule has 1 heterocycles. The number of hydrogen-bond acceptors (Lipinski definition) is 5. The number of amides is 1. The van der Waals surface area contributed by atoms with Gasteiger partial charge in [-0.25, -0.2) is 4.79 Å². The van der Waals surface area contributed by atoms with Crippen LogP contribution < -0.4 is 5.32 Å². The van der Waals surface area contributed by atoms with Crippen LogP contribution in [0.4, 0.5) is 5.00 Å². The number of ether oxygens (including phenoxy) is 1. The number of carbonyl (C=O) groups is 3. The molecule has 7 heteroatoms. The van der Waals surface area contributed by atoms with Crippen molar-refractivity contribution in [2.75, 3.05) is 12.4 Å². The van der Waals surface area contributed by atoms with Crippen LogP contribution in [0.5, 0.6) is 0 Å². The number of carboxylic acids is 1. The largest absolute Gasteiger partial charge is 0.481 e. The molecule has 1 aliphatic rings. The third kappa shape index (κ3) is 4.10. The van der Waals surface area contributed by atoms with Gasteiger partial charge in [-0.15, -0.1) is 11.3 Å². The summed E-state index contributed by atoms with van der Waals surface area (Å²) in [7, 11) is 1.29. The number of rotatable bonds is 5. The van der Waals surface area contributed by atoms with Crippen molar-refractivity contribution in [1.29, 1.82) is 0 Å². The molecule has 2 unspecified atom stereocenters. The van der Waals surface area contributed by atoms with Crippen LogP contribution in [0.25, 0.3) is 0 Å². The highest BCUT2D eigenvalue weighted by Gasteiger charge is 2.37. The summed E-state index contributed by atoms with van der Waals surface area (Å²) in [4.78, 5) is 37.2. The van der Waals surface area contributed by atoms with E-state index in [1.54, 1.807) is 6.07 Å². The lowest BCUT2D eigenvalue weighted by atomic mass is 9.76. The van der Waals surface area contributed by atoms with E-state index in [9.17, 15) is 19.5 Å². The molecule has 0 bridgehead atoms. The van der Waals surface area contributed by atoms with Crippen LogP contribution in [-0.4, -0.2) is 30.1 Å². The first kappa shape index (κ1) is 19.2. The molecule has 0 fully saturated rings. The zero-order valence-corrected chi connectivity index (χ0v) is 15.7.